The van der Waals surface area contributed by atoms with Crippen LogP contribution in [0.1, 0.15) is 49.0 Å². The number of pyridine rings is 1. The molecule has 18 heteroatoms. The number of nitro benzene ring substituents is 1. The van der Waals surface area contributed by atoms with Gasteiger partial charge in [0.25, 0.3) is 21.6 Å². The molecule has 3 aliphatic heterocycles. The number of piperazine rings is 2. The number of benzene rings is 3. The smallest absolute Gasteiger partial charge is 0.297 e. The number of carbonyl (C=O) groups excluding carboxylic acids is 1. The molecule has 65 heavy (non-hydrogen) atoms. The van der Waals surface area contributed by atoms with Crippen molar-refractivity contribution in [2.45, 2.75) is 44.0 Å². The van der Waals surface area contributed by atoms with E-state index in [1.165, 1.54) is 29.0 Å². The molecule has 0 saturated carbocycles. The van der Waals surface area contributed by atoms with Crippen LogP contribution in [0.5, 0.6) is 17.2 Å². The highest BCUT2D eigenvalue weighted by atomic mass is 35.5. The summed E-state index contributed by atoms with van der Waals surface area (Å²) in [7, 11) is -2.58. The lowest BCUT2D eigenvalue weighted by Gasteiger charge is -2.39. The first-order chi connectivity index (χ1) is 31.2. The molecule has 1 atom stereocenters. The number of carbonyl (C=O) groups is 1. The third-order valence-electron chi connectivity index (χ3n) is 13.0. The van der Waals surface area contributed by atoms with E-state index in [4.69, 9.17) is 21.1 Å². The number of fused-ring (bicyclic) bond motifs is 2. The summed E-state index contributed by atoms with van der Waals surface area (Å²) in [5.74, 6) is -0.493. The molecule has 3 aromatic carbocycles. The summed E-state index contributed by atoms with van der Waals surface area (Å²) in [5.41, 5.74) is 5.36. The van der Waals surface area contributed by atoms with Crippen molar-refractivity contribution in [3.63, 3.8) is 0 Å². The largest absolute Gasteiger partial charge is 0.489 e. The van der Waals surface area contributed by atoms with E-state index in [0.717, 1.165) is 100 Å². The normalized spacial score (nSPS) is 19.6. The molecule has 2 fully saturated rings. The quantitative estimate of drug-likeness (QED) is 0.0844. The average Bonchev–Trinajstić information content (AvgIpc) is 3.76. The molecule has 342 valence electrons. The van der Waals surface area contributed by atoms with Crippen molar-refractivity contribution in [2.24, 2.45) is 5.41 Å². The van der Waals surface area contributed by atoms with Crippen molar-refractivity contribution in [1.29, 1.82) is 0 Å². The van der Waals surface area contributed by atoms with Gasteiger partial charge in [-0.1, -0.05) is 43.2 Å². The maximum Gasteiger partial charge on any atom is 0.297 e. The molecule has 2 aromatic heterocycles. The Hall–Kier alpha value is -5.72. The number of nitrogens with zero attached hydrogens (tertiary/aromatic N) is 6. The Morgan fingerprint density at radius 3 is 2.51 bits per heavy atom. The number of sulfonamides is 1. The number of hydrogen-bond acceptors (Lipinski definition) is 13. The lowest BCUT2D eigenvalue weighted by Crippen LogP contribution is -2.50. The van der Waals surface area contributed by atoms with Gasteiger partial charge in [-0.15, -0.1) is 0 Å². The SMILES string of the molecule is CN1CCN(C[C@@H]2COc3cc(S(=O)(=O)NC(=O)c4ccc(N5CCN(CC6=C(c7ccc(Cl)cc7)CC(C)(C)CC6)CC5)cc4Oc4cnc5[nH]ccc5c4)cc([N+](=O)[O-])c3N2)CC1. The Labute approximate surface area is 383 Å². The fourth-order valence-electron chi connectivity index (χ4n) is 9.23. The number of aromatic nitrogens is 2. The first-order valence-corrected chi connectivity index (χ1v) is 23.9. The van der Waals surface area contributed by atoms with Crippen LogP contribution in [-0.2, 0) is 10.0 Å². The number of allylic oxidation sites excluding steroid dienone is 1. The van der Waals surface area contributed by atoms with Gasteiger partial charge in [-0.25, -0.2) is 18.1 Å². The van der Waals surface area contributed by atoms with E-state index in [0.29, 0.717) is 17.9 Å². The topological polar surface area (TPSA) is 179 Å². The Balaban J connectivity index is 0.933. The van der Waals surface area contributed by atoms with Gasteiger partial charge in [0, 0.05) is 106 Å². The van der Waals surface area contributed by atoms with Gasteiger partial charge >= 0.3 is 0 Å². The molecule has 0 bridgehead atoms. The molecule has 4 aliphatic rings. The first-order valence-electron chi connectivity index (χ1n) is 22.1. The number of H-pyrrole nitrogens is 1. The molecule has 1 amide bonds. The van der Waals surface area contributed by atoms with E-state index in [9.17, 15) is 23.3 Å². The standard InChI is InChI=1S/C47H54ClN9O7S/c1-47(2)12-10-33(40(26-47)31-4-6-34(48)7-5-31)28-54-18-20-56(21-19-54)36-8-9-39(42(23-36)64-37-22-32-11-13-49-45(32)50-27-37)46(58)52-65(61,62)38-24-41(57(59)60)44-43(25-38)63-30-35(51-44)29-55-16-14-53(3)15-17-55/h4-9,11,13,22-25,27,35,51H,10,12,14-21,26,28-30H2,1-3H3,(H,49,50)(H,52,58)/t35-/m1/s1. The van der Waals surface area contributed by atoms with Crippen molar-refractivity contribution in [2.75, 3.05) is 89.3 Å². The number of halogens is 1. The molecule has 9 rings (SSSR count). The number of anilines is 2. The van der Waals surface area contributed by atoms with Gasteiger partial charge in [0.15, 0.2) is 11.4 Å². The van der Waals surface area contributed by atoms with Gasteiger partial charge in [-0.2, -0.15) is 0 Å². The zero-order valence-corrected chi connectivity index (χ0v) is 38.4. The fraction of sp³-hybridized carbons (Fsp3) is 0.404. The van der Waals surface area contributed by atoms with Crippen molar-refractivity contribution >= 4 is 61.2 Å². The maximum atomic E-state index is 14.1. The van der Waals surface area contributed by atoms with Crippen LogP contribution in [0, 0.1) is 15.5 Å². The van der Waals surface area contributed by atoms with Crippen LogP contribution in [0.3, 0.4) is 0 Å². The van der Waals surface area contributed by atoms with Crippen LogP contribution in [0.4, 0.5) is 17.1 Å². The van der Waals surface area contributed by atoms with Crippen molar-refractivity contribution in [3.05, 3.63) is 111 Å². The number of rotatable bonds is 12. The van der Waals surface area contributed by atoms with E-state index in [2.05, 4.69) is 72.6 Å². The molecule has 5 heterocycles. The van der Waals surface area contributed by atoms with Gasteiger partial charge in [0.05, 0.1) is 27.6 Å². The number of hydrogen-bond donors (Lipinski definition) is 3. The molecular formula is C47H54ClN9O7S. The number of likely N-dealkylation sites (N-methyl/N-ethyl adjacent to an activating group) is 1. The summed E-state index contributed by atoms with van der Waals surface area (Å²) >= 11 is 6.25. The van der Waals surface area contributed by atoms with E-state index in [1.807, 2.05) is 18.2 Å². The third-order valence-corrected chi connectivity index (χ3v) is 14.6. The second-order valence-electron chi connectivity index (χ2n) is 18.3. The van der Waals surface area contributed by atoms with Crippen LogP contribution in [0.15, 0.2) is 89.6 Å². The zero-order chi connectivity index (χ0) is 45.5. The van der Waals surface area contributed by atoms with Gasteiger partial charge < -0.3 is 29.6 Å². The Kier molecular flexibility index (Phi) is 12.5. The van der Waals surface area contributed by atoms with Gasteiger partial charge in [-0.3, -0.25) is 24.7 Å². The van der Waals surface area contributed by atoms with Gasteiger partial charge in [0.1, 0.15) is 23.8 Å². The van der Waals surface area contributed by atoms with Gasteiger partial charge in [0.2, 0.25) is 0 Å². The van der Waals surface area contributed by atoms with E-state index < -0.39 is 31.4 Å². The summed E-state index contributed by atoms with van der Waals surface area (Å²) in [4.78, 5) is 42.0. The van der Waals surface area contributed by atoms with Crippen LogP contribution < -0.4 is 24.4 Å². The molecule has 0 unspecified atom stereocenters. The Morgan fingerprint density at radius 2 is 1.75 bits per heavy atom. The van der Waals surface area contributed by atoms with E-state index in [1.54, 1.807) is 30.5 Å². The van der Waals surface area contributed by atoms with E-state index >= 15 is 0 Å². The monoisotopic (exact) mass is 923 g/mol. The third kappa shape index (κ3) is 10.1. The summed E-state index contributed by atoms with van der Waals surface area (Å²) in [6, 6.07) is 18.8. The lowest BCUT2D eigenvalue weighted by molar-refractivity contribution is -0.384. The minimum Gasteiger partial charge on any atom is -0.489 e. The number of amides is 1. The van der Waals surface area contributed by atoms with Crippen LogP contribution in [0.2, 0.25) is 5.02 Å². The van der Waals surface area contributed by atoms with Crippen molar-refractivity contribution in [3.8, 4) is 17.2 Å². The van der Waals surface area contributed by atoms with Crippen LogP contribution >= 0.6 is 11.6 Å². The second kappa shape index (κ2) is 18.3. The molecule has 1 aliphatic carbocycles. The highest BCUT2D eigenvalue weighted by Gasteiger charge is 2.34. The maximum absolute atomic E-state index is 14.1. The Morgan fingerprint density at radius 1 is 1.00 bits per heavy atom. The van der Waals surface area contributed by atoms with Crippen molar-refractivity contribution in [1.82, 2.24) is 29.4 Å². The fourth-order valence-corrected chi connectivity index (χ4v) is 10.4. The molecule has 5 aromatic rings. The second-order valence-corrected chi connectivity index (χ2v) is 20.4. The predicted octanol–water partition coefficient (Wildman–Crippen LogP) is 7.24. The molecule has 0 spiro atoms. The number of nitro groups is 1. The highest BCUT2D eigenvalue weighted by Crippen LogP contribution is 2.44. The number of ether oxygens (including phenoxy) is 2. The zero-order valence-electron chi connectivity index (χ0n) is 36.8. The Bertz CT molecular complexity index is 2750. The minimum atomic E-state index is -4.65. The van der Waals surface area contributed by atoms with Crippen LogP contribution in [-0.4, -0.2) is 129 Å². The first kappa shape index (κ1) is 44.5. The van der Waals surface area contributed by atoms with E-state index in [-0.39, 0.29) is 40.8 Å². The molecule has 2 saturated heterocycles. The average molecular weight is 925 g/mol. The molecule has 0 radical (unpaired) electrons. The summed E-state index contributed by atoms with van der Waals surface area (Å²) < 4.78 is 42.3. The number of aromatic amines is 1. The number of nitrogens with one attached hydrogen (secondary N) is 3. The highest BCUT2D eigenvalue weighted by molar-refractivity contribution is 7.90. The molecule has 3 N–H and O–H groups in total. The van der Waals surface area contributed by atoms with Crippen LogP contribution in [0.25, 0.3) is 16.6 Å². The molecular weight excluding hydrogens is 870 g/mol. The predicted molar refractivity (Wildman–Crippen MR) is 252 cm³/mol. The molecule has 16 nitrogen and oxygen atoms in total. The summed E-state index contributed by atoms with van der Waals surface area (Å²) in [6.45, 7) is 12.9. The van der Waals surface area contributed by atoms with Gasteiger partial charge in [-0.05, 0) is 79.3 Å². The minimum absolute atomic E-state index is 0.0178. The summed E-state index contributed by atoms with van der Waals surface area (Å²) in [6.07, 6.45) is 6.47. The lowest BCUT2D eigenvalue weighted by atomic mass is 9.72. The summed E-state index contributed by atoms with van der Waals surface area (Å²) in [5, 5.41) is 17.1. The van der Waals surface area contributed by atoms with Crippen molar-refractivity contribution < 1.29 is 27.6 Å².